The zero-order chi connectivity index (χ0) is 10.3. The van der Waals surface area contributed by atoms with Crippen LogP contribution >= 0.6 is 0 Å². The zero-order valence-electron chi connectivity index (χ0n) is 8.96. The van der Waals surface area contributed by atoms with Gasteiger partial charge in [-0.15, -0.1) is 0 Å². The summed E-state index contributed by atoms with van der Waals surface area (Å²) in [5, 5.41) is 0. The average Bonchev–Trinajstić information content (AvgIpc) is 2.01. The number of rotatable bonds is 6. The normalized spacial score (nSPS) is 10.2. The van der Waals surface area contributed by atoms with Crippen molar-refractivity contribution < 1.29 is 31.5 Å². The largest absolute Gasteiger partial charge is 1.00 e. The molecule has 0 saturated carbocycles. The monoisotopic (exact) mass is 223 g/mol. The van der Waals surface area contributed by atoms with Crippen molar-refractivity contribution in [2.45, 2.75) is 6.42 Å². The molecule has 0 radical (unpaired) electrons. The van der Waals surface area contributed by atoms with Crippen LogP contribution in [0.2, 0.25) is 0 Å². The first-order chi connectivity index (χ1) is 5.95. The van der Waals surface area contributed by atoms with Crippen molar-refractivity contribution in [1.29, 1.82) is 0 Å². The topological polar surface area (TPSA) is 35.5 Å². The van der Waals surface area contributed by atoms with Crippen molar-refractivity contribution in [2.75, 3.05) is 34.3 Å². The second-order valence-electron chi connectivity index (χ2n) is 3.80. The summed E-state index contributed by atoms with van der Waals surface area (Å²) in [6.07, 6.45) is 1.92. The molecule has 0 atom stereocenters. The Hall–Kier alpha value is -0.580. The van der Waals surface area contributed by atoms with E-state index in [1.807, 2.05) is 0 Å². The number of nitrogens with zero attached hydrogens (tertiary/aromatic N) is 1. The van der Waals surface area contributed by atoms with Crippen molar-refractivity contribution in [1.82, 2.24) is 0 Å². The van der Waals surface area contributed by atoms with Gasteiger partial charge in [-0.25, -0.2) is 4.79 Å². The van der Waals surface area contributed by atoms with Crippen LogP contribution in [-0.4, -0.2) is 44.7 Å². The van der Waals surface area contributed by atoms with E-state index in [0.717, 1.165) is 23.5 Å². The van der Waals surface area contributed by atoms with Crippen LogP contribution < -0.4 is 12.4 Å². The number of carbonyl (C=O) groups excluding carboxylic acids is 1. The number of quaternary nitrogens is 1. The summed E-state index contributed by atoms with van der Waals surface area (Å²) < 4.78 is 0.874. The molecular formula is C9H18ClNO3. The molecule has 0 bridgehead atoms. The first-order valence-electron chi connectivity index (χ1n) is 4.22. The molecule has 0 heterocycles. The molecule has 0 rings (SSSR count). The Kier molecular flexibility index (Phi) is 8.83. The Labute approximate surface area is 91.4 Å². The third kappa shape index (κ3) is 11.4. The number of carbonyl (C=O) groups is 1. The van der Waals surface area contributed by atoms with Crippen molar-refractivity contribution in [3.63, 3.8) is 0 Å². The highest BCUT2D eigenvalue weighted by Crippen LogP contribution is 1.94. The van der Waals surface area contributed by atoms with Crippen molar-refractivity contribution >= 4 is 5.97 Å². The number of hydrogen-bond acceptors (Lipinski definition) is 3. The molecule has 5 heteroatoms. The van der Waals surface area contributed by atoms with E-state index in [9.17, 15) is 4.79 Å². The molecule has 0 aliphatic rings. The Balaban J connectivity index is 0. The summed E-state index contributed by atoms with van der Waals surface area (Å²) in [6.45, 7) is 4.64. The van der Waals surface area contributed by atoms with Gasteiger partial charge in [0.25, 0.3) is 0 Å². The first kappa shape index (κ1) is 15.9. The standard InChI is InChI=1S/C9H18NO3.ClH/c1-5-9(11)13-12-8-6-7-10(2,3)4;/h5H,1,6-8H2,2-4H3;1H/q+1;/p-1. The SMILES string of the molecule is C=CC(=O)OOCCC[N+](C)(C)C.[Cl-]. The third-order valence-corrected chi connectivity index (χ3v) is 1.36. The van der Waals surface area contributed by atoms with E-state index >= 15 is 0 Å². The van der Waals surface area contributed by atoms with Crippen LogP contribution in [0.25, 0.3) is 0 Å². The molecule has 0 aromatic rings. The molecule has 0 aliphatic carbocycles. The van der Waals surface area contributed by atoms with E-state index in [2.05, 4.69) is 37.5 Å². The lowest BCUT2D eigenvalue weighted by atomic mass is 10.4. The van der Waals surface area contributed by atoms with E-state index in [1.165, 1.54) is 0 Å². The molecule has 0 amide bonds. The number of halogens is 1. The van der Waals surface area contributed by atoms with Crippen molar-refractivity contribution in [3.05, 3.63) is 12.7 Å². The highest BCUT2D eigenvalue weighted by molar-refractivity contribution is 5.80. The van der Waals surface area contributed by atoms with Crippen LogP contribution in [-0.2, 0) is 14.6 Å². The lowest BCUT2D eigenvalue weighted by molar-refractivity contribution is -0.870. The molecule has 14 heavy (non-hydrogen) atoms. The minimum absolute atomic E-state index is 0. The third-order valence-electron chi connectivity index (χ3n) is 1.36. The molecule has 84 valence electrons. The van der Waals surface area contributed by atoms with Gasteiger partial charge in [-0.05, 0) is 0 Å². The predicted octanol–water partition coefficient (Wildman–Crippen LogP) is -2.25. The first-order valence-corrected chi connectivity index (χ1v) is 4.22. The van der Waals surface area contributed by atoms with E-state index in [0.29, 0.717) is 6.61 Å². The lowest BCUT2D eigenvalue weighted by Gasteiger charge is -2.23. The van der Waals surface area contributed by atoms with Crippen molar-refractivity contribution in [2.24, 2.45) is 0 Å². The van der Waals surface area contributed by atoms with Gasteiger partial charge in [-0.3, -0.25) is 4.89 Å². The smallest absolute Gasteiger partial charge is 0.365 e. The van der Waals surface area contributed by atoms with Gasteiger partial charge in [0, 0.05) is 12.5 Å². The molecule has 0 unspecified atom stereocenters. The van der Waals surface area contributed by atoms with Crippen LogP contribution in [0.4, 0.5) is 0 Å². The van der Waals surface area contributed by atoms with Crippen LogP contribution in [0.15, 0.2) is 12.7 Å². The molecule has 0 fully saturated rings. The molecule has 0 spiro atoms. The fraction of sp³-hybridized carbons (Fsp3) is 0.667. The molecule has 0 aromatic heterocycles. The predicted molar refractivity (Wildman–Crippen MR) is 49.8 cm³/mol. The summed E-state index contributed by atoms with van der Waals surface area (Å²) in [7, 11) is 6.28. The Morgan fingerprint density at radius 3 is 2.43 bits per heavy atom. The van der Waals surface area contributed by atoms with Crippen LogP contribution in [0, 0.1) is 0 Å². The van der Waals surface area contributed by atoms with Gasteiger partial charge in [-0.2, -0.15) is 4.89 Å². The molecule has 0 aromatic carbocycles. The second kappa shape index (κ2) is 7.79. The average molecular weight is 224 g/mol. The van der Waals surface area contributed by atoms with E-state index in [4.69, 9.17) is 0 Å². The summed E-state index contributed by atoms with van der Waals surface area (Å²) in [5.41, 5.74) is 0. The minimum atomic E-state index is -0.551. The van der Waals surface area contributed by atoms with E-state index < -0.39 is 5.97 Å². The maximum atomic E-state index is 10.5. The Morgan fingerprint density at radius 2 is 2.00 bits per heavy atom. The van der Waals surface area contributed by atoms with Crippen LogP contribution in [0.5, 0.6) is 0 Å². The van der Waals surface area contributed by atoms with E-state index in [1.54, 1.807) is 0 Å². The highest BCUT2D eigenvalue weighted by atomic mass is 35.5. The molecule has 4 nitrogen and oxygen atoms in total. The van der Waals surface area contributed by atoms with Gasteiger partial charge in [0.2, 0.25) is 0 Å². The van der Waals surface area contributed by atoms with Crippen LogP contribution in [0.3, 0.4) is 0 Å². The molecule has 0 N–H and O–H groups in total. The van der Waals surface area contributed by atoms with E-state index in [-0.39, 0.29) is 12.4 Å². The van der Waals surface area contributed by atoms with Gasteiger partial charge in [0.05, 0.1) is 34.3 Å². The molecule has 0 aliphatic heterocycles. The van der Waals surface area contributed by atoms with Gasteiger partial charge in [-0.1, -0.05) is 6.58 Å². The van der Waals surface area contributed by atoms with Gasteiger partial charge in [0.15, 0.2) is 0 Å². The van der Waals surface area contributed by atoms with Crippen molar-refractivity contribution in [3.8, 4) is 0 Å². The molecule has 0 saturated heterocycles. The minimum Gasteiger partial charge on any atom is -1.00 e. The maximum absolute atomic E-state index is 10.5. The fourth-order valence-corrected chi connectivity index (χ4v) is 0.732. The quantitative estimate of drug-likeness (QED) is 0.168. The van der Waals surface area contributed by atoms with Crippen LogP contribution in [0.1, 0.15) is 6.42 Å². The fourth-order valence-electron chi connectivity index (χ4n) is 0.732. The highest BCUT2D eigenvalue weighted by Gasteiger charge is 2.06. The molecular weight excluding hydrogens is 206 g/mol. The maximum Gasteiger partial charge on any atom is 0.365 e. The number of hydrogen-bond donors (Lipinski definition) is 0. The summed E-state index contributed by atoms with van der Waals surface area (Å²) in [5.74, 6) is -0.551. The Morgan fingerprint density at radius 1 is 1.43 bits per heavy atom. The zero-order valence-corrected chi connectivity index (χ0v) is 9.71. The lowest BCUT2D eigenvalue weighted by Crippen LogP contribution is -3.00. The summed E-state index contributed by atoms with van der Waals surface area (Å²) in [6, 6.07) is 0. The van der Waals surface area contributed by atoms with Gasteiger partial charge in [0.1, 0.15) is 0 Å². The summed E-state index contributed by atoms with van der Waals surface area (Å²) >= 11 is 0. The Bertz CT molecular complexity index is 177. The van der Waals surface area contributed by atoms with Gasteiger partial charge < -0.3 is 16.9 Å². The van der Waals surface area contributed by atoms with Gasteiger partial charge >= 0.3 is 5.97 Å². The summed E-state index contributed by atoms with van der Waals surface area (Å²) in [4.78, 5) is 19.5. The second-order valence-corrected chi connectivity index (χ2v) is 3.80.